The van der Waals surface area contributed by atoms with Crippen LogP contribution in [0.3, 0.4) is 0 Å². The van der Waals surface area contributed by atoms with Crippen molar-refractivity contribution in [1.29, 1.82) is 0 Å². The molecule has 0 saturated carbocycles. The first-order chi connectivity index (χ1) is 11.3. The van der Waals surface area contributed by atoms with Gasteiger partial charge in [0.1, 0.15) is 0 Å². The highest BCUT2D eigenvalue weighted by molar-refractivity contribution is 7.89. The third kappa shape index (κ3) is 4.53. The minimum absolute atomic E-state index is 0.102. The Bertz CT molecular complexity index is 837. The maximum absolute atomic E-state index is 12.2. The van der Waals surface area contributed by atoms with Crippen molar-refractivity contribution in [3.63, 3.8) is 0 Å². The van der Waals surface area contributed by atoms with Crippen LogP contribution in [0.4, 0.5) is 0 Å². The Balaban J connectivity index is 2.02. The molecule has 1 aromatic carbocycles. The van der Waals surface area contributed by atoms with Crippen LogP contribution in [-0.2, 0) is 21.4 Å². The summed E-state index contributed by atoms with van der Waals surface area (Å²) in [6, 6.07) is 8.38. The van der Waals surface area contributed by atoms with Crippen molar-refractivity contribution in [2.24, 2.45) is 0 Å². The van der Waals surface area contributed by atoms with Crippen molar-refractivity contribution in [3.05, 3.63) is 57.8 Å². The number of likely N-dealkylation sites (N-methyl/N-ethyl adjacent to an activating group) is 1. The first-order valence-corrected chi connectivity index (χ1v) is 9.69. The summed E-state index contributed by atoms with van der Waals surface area (Å²) in [5, 5.41) is 2.01. The van der Waals surface area contributed by atoms with Crippen LogP contribution in [0.1, 0.15) is 16.0 Å². The normalized spacial score (nSPS) is 11.8. The molecule has 0 bridgehead atoms. The zero-order chi connectivity index (χ0) is 17.7. The fraction of sp³-hybridized carbons (Fsp3) is 0.235. The third-order valence-electron chi connectivity index (χ3n) is 3.60. The van der Waals surface area contributed by atoms with Gasteiger partial charge < -0.3 is 4.90 Å². The molecule has 2 aromatic rings. The molecule has 0 spiro atoms. The quantitative estimate of drug-likeness (QED) is 0.802. The van der Waals surface area contributed by atoms with Gasteiger partial charge in [-0.3, -0.25) is 4.79 Å². The van der Waals surface area contributed by atoms with Crippen molar-refractivity contribution in [2.75, 3.05) is 14.1 Å². The lowest BCUT2D eigenvalue weighted by Gasteiger charge is -2.14. The Morgan fingerprint density at radius 2 is 1.92 bits per heavy atom. The summed E-state index contributed by atoms with van der Waals surface area (Å²) in [5.41, 5.74) is 1.95. The summed E-state index contributed by atoms with van der Waals surface area (Å²) in [6.45, 7) is 2.60. The number of aryl methyl sites for hydroxylation is 1. The highest BCUT2D eigenvalue weighted by atomic mass is 32.2. The number of hydrogen-bond acceptors (Lipinski definition) is 4. The molecule has 7 heteroatoms. The van der Waals surface area contributed by atoms with Crippen molar-refractivity contribution in [2.45, 2.75) is 18.4 Å². The van der Waals surface area contributed by atoms with E-state index in [-0.39, 0.29) is 10.8 Å². The Kier molecular flexibility index (Phi) is 5.93. The summed E-state index contributed by atoms with van der Waals surface area (Å²) >= 11 is 1.63. The Labute approximate surface area is 146 Å². The van der Waals surface area contributed by atoms with Gasteiger partial charge in [0, 0.05) is 18.0 Å². The van der Waals surface area contributed by atoms with Crippen LogP contribution < -0.4 is 4.72 Å². The van der Waals surface area contributed by atoms with Crippen LogP contribution in [0.15, 0.2) is 46.7 Å². The van der Waals surface area contributed by atoms with E-state index in [4.69, 9.17) is 0 Å². The molecule has 0 aliphatic carbocycles. The van der Waals surface area contributed by atoms with E-state index in [0.717, 1.165) is 5.56 Å². The molecule has 24 heavy (non-hydrogen) atoms. The van der Waals surface area contributed by atoms with Crippen molar-refractivity contribution in [1.82, 2.24) is 9.62 Å². The number of benzene rings is 1. The first-order valence-electron chi connectivity index (χ1n) is 7.33. The van der Waals surface area contributed by atoms with Crippen molar-refractivity contribution in [3.8, 4) is 0 Å². The molecule has 0 aliphatic rings. The zero-order valence-electron chi connectivity index (χ0n) is 13.8. The minimum Gasteiger partial charge on any atom is -0.337 e. The van der Waals surface area contributed by atoms with Crippen LogP contribution in [0.25, 0.3) is 6.08 Å². The monoisotopic (exact) mass is 364 g/mol. The molecule has 0 unspecified atom stereocenters. The third-order valence-corrected chi connectivity index (χ3v) is 6.04. The highest BCUT2D eigenvalue weighted by Crippen LogP contribution is 2.17. The number of nitrogens with one attached hydrogen (secondary N) is 1. The zero-order valence-corrected chi connectivity index (χ0v) is 15.4. The molecule has 5 nitrogen and oxygen atoms in total. The largest absolute Gasteiger partial charge is 0.337 e. The van der Waals surface area contributed by atoms with Crippen LogP contribution in [0, 0.1) is 6.92 Å². The molecular formula is C17H20N2O3S2. The molecule has 1 aromatic heterocycles. The maximum atomic E-state index is 12.2. The smallest absolute Gasteiger partial charge is 0.246 e. The number of amides is 1. The van der Waals surface area contributed by atoms with Crippen LogP contribution in [0.2, 0.25) is 0 Å². The number of thiophene rings is 1. The Morgan fingerprint density at radius 1 is 1.25 bits per heavy atom. The van der Waals surface area contributed by atoms with Crippen molar-refractivity contribution < 1.29 is 13.2 Å². The van der Waals surface area contributed by atoms with Gasteiger partial charge in [-0.2, -0.15) is 0 Å². The Hall–Kier alpha value is -1.96. The first kappa shape index (κ1) is 18.4. The number of sulfonamides is 1. The minimum atomic E-state index is -3.44. The molecule has 1 N–H and O–H groups in total. The van der Waals surface area contributed by atoms with E-state index in [1.54, 1.807) is 41.5 Å². The van der Waals surface area contributed by atoms with Gasteiger partial charge in [-0.1, -0.05) is 12.1 Å². The highest BCUT2D eigenvalue weighted by Gasteiger charge is 2.11. The van der Waals surface area contributed by atoms with E-state index in [1.807, 2.05) is 18.4 Å². The number of rotatable bonds is 6. The molecule has 128 valence electrons. The summed E-state index contributed by atoms with van der Waals surface area (Å²) in [7, 11) is -0.315. The summed E-state index contributed by atoms with van der Waals surface area (Å²) in [6.07, 6.45) is 3.17. The van der Waals surface area contributed by atoms with Gasteiger partial charge in [0.05, 0.1) is 11.4 Å². The predicted octanol–water partition coefficient (Wildman–Crippen LogP) is 2.64. The van der Waals surface area contributed by atoms with Crippen LogP contribution in [-0.4, -0.2) is 33.3 Å². The average molecular weight is 364 g/mol. The van der Waals surface area contributed by atoms with E-state index in [1.165, 1.54) is 35.7 Å². The lowest BCUT2D eigenvalue weighted by molar-refractivity contribution is -0.125. The number of carbonyl (C=O) groups is 1. The number of hydrogen-bond donors (Lipinski definition) is 1. The lowest BCUT2D eigenvalue weighted by atomic mass is 10.2. The van der Waals surface area contributed by atoms with E-state index in [0.29, 0.717) is 6.54 Å². The number of nitrogens with zero attached hydrogens (tertiary/aromatic N) is 1. The van der Waals surface area contributed by atoms with Gasteiger partial charge >= 0.3 is 0 Å². The van der Waals surface area contributed by atoms with Gasteiger partial charge in [-0.05, 0) is 54.8 Å². The average Bonchev–Trinajstić information content (AvgIpc) is 2.97. The topological polar surface area (TPSA) is 66.5 Å². The van der Waals surface area contributed by atoms with E-state index < -0.39 is 10.0 Å². The molecule has 0 saturated heterocycles. The molecule has 0 radical (unpaired) electrons. The maximum Gasteiger partial charge on any atom is 0.246 e. The van der Waals surface area contributed by atoms with E-state index >= 15 is 0 Å². The van der Waals surface area contributed by atoms with Gasteiger partial charge in [-0.25, -0.2) is 13.1 Å². The summed E-state index contributed by atoms with van der Waals surface area (Å²) in [5.74, 6) is -0.102. The molecular weight excluding hydrogens is 344 g/mol. The molecule has 0 aliphatic heterocycles. The standard InChI is InChI=1S/C17H20N2O3S2/c1-13-10-11-23-16(13)12-19(3)17(20)9-6-14-4-7-15(8-5-14)24(21,22)18-2/h4-11,18H,12H2,1-3H3/b9-6+. The van der Waals surface area contributed by atoms with Gasteiger partial charge in [0.2, 0.25) is 15.9 Å². The summed E-state index contributed by atoms with van der Waals surface area (Å²) < 4.78 is 25.6. The summed E-state index contributed by atoms with van der Waals surface area (Å²) in [4.78, 5) is 15.2. The van der Waals surface area contributed by atoms with Crippen molar-refractivity contribution >= 4 is 33.3 Å². The Morgan fingerprint density at radius 3 is 2.46 bits per heavy atom. The fourth-order valence-corrected chi connectivity index (χ4v) is 3.72. The molecule has 2 rings (SSSR count). The van der Waals surface area contributed by atoms with Gasteiger partial charge in [-0.15, -0.1) is 11.3 Å². The second kappa shape index (κ2) is 7.74. The molecule has 1 amide bonds. The second-order valence-electron chi connectivity index (χ2n) is 5.33. The molecule has 0 atom stereocenters. The lowest BCUT2D eigenvalue weighted by Crippen LogP contribution is -2.23. The van der Waals surface area contributed by atoms with Crippen LogP contribution >= 0.6 is 11.3 Å². The predicted molar refractivity (Wildman–Crippen MR) is 97.3 cm³/mol. The number of carbonyl (C=O) groups excluding carboxylic acids is 1. The van der Waals surface area contributed by atoms with Crippen LogP contribution in [0.5, 0.6) is 0 Å². The second-order valence-corrected chi connectivity index (χ2v) is 8.22. The molecule has 1 heterocycles. The van der Waals surface area contributed by atoms with Gasteiger partial charge in [0.25, 0.3) is 0 Å². The molecule has 0 fully saturated rings. The van der Waals surface area contributed by atoms with E-state index in [9.17, 15) is 13.2 Å². The van der Waals surface area contributed by atoms with E-state index in [2.05, 4.69) is 4.72 Å². The van der Waals surface area contributed by atoms with Gasteiger partial charge in [0.15, 0.2) is 0 Å². The SMILES string of the molecule is CNS(=O)(=O)c1ccc(/C=C/C(=O)N(C)Cc2sccc2C)cc1. The fourth-order valence-electron chi connectivity index (χ4n) is 2.03.